The Morgan fingerprint density at radius 1 is 1.26 bits per heavy atom. The number of thiophene rings is 1. The number of rotatable bonds is 3. The number of nitrogens with zero attached hydrogens (tertiary/aromatic N) is 3. The maximum atomic E-state index is 13.3. The van der Waals surface area contributed by atoms with Crippen LogP contribution in [0.5, 0.6) is 0 Å². The third-order valence-corrected chi connectivity index (χ3v) is 3.57. The lowest BCUT2D eigenvalue weighted by Crippen LogP contribution is -1.99. The Morgan fingerprint density at radius 3 is 2.84 bits per heavy atom. The molecule has 0 atom stereocenters. The second-order valence-corrected chi connectivity index (χ2v) is 4.86. The van der Waals surface area contributed by atoms with Crippen LogP contribution in [0.1, 0.15) is 5.69 Å². The lowest BCUT2D eigenvalue weighted by molar-refractivity contribution is 0.277. The van der Waals surface area contributed by atoms with E-state index in [9.17, 15) is 9.50 Å². The summed E-state index contributed by atoms with van der Waals surface area (Å²) in [6, 6.07) is 9.94. The minimum atomic E-state index is -0.337. The summed E-state index contributed by atoms with van der Waals surface area (Å²) < 4.78 is 14.8. The van der Waals surface area contributed by atoms with Crippen molar-refractivity contribution in [3.05, 3.63) is 53.3 Å². The van der Waals surface area contributed by atoms with Crippen molar-refractivity contribution >= 4 is 11.3 Å². The zero-order valence-corrected chi connectivity index (χ0v) is 10.6. The first-order valence-electron chi connectivity index (χ1n) is 5.65. The summed E-state index contributed by atoms with van der Waals surface area (Å²) in [5.74, 6) is -0.337. The van der Waals surface area contributed by atoms with Gasteiger partial charge >= 0.3 is 0 Å². The van der Waals surface area contributed by atoms with Crippen LogP contribution in [0.4, 0.5) is 4.39 Å². The van der Waals surface area contributed by atoms with Crippen molar-refractivity contribution in [1.29, 1.82) is 0 Å². The summed E-state index contributed by atoms with van der Waals surface area (Å²) in [4.78, 5) is 0.929. The van der Waals surface area contributed by atoms with Gasteiger partial charge in [0, 0.05) is 0 Å². The molecule has 4 nitrogen and oxygen atoms in total. The topological polar surface area (TPSA) is 50.9 Å². The maximum Gasteiger partial charge on any atom is 0.125 e. The van der Waals surface area contributed by atoms with Gasteiger partial charge in [-0.25, -0.2) is 9.07 Å². The quantitative estimate of drug-likeness (QED) is 0.799. The van der Waals surface area contributed by atoms with E-state index in [-0.39, 0.29) is 12.4 Å². The van der Waals surface area contributed by atoms with E-state index in [2.05, 4.69) is 10.3 Å². The summed E-state index contributed by atoms with van der Waals surface area (Å²) in [6.45, 7) is -0.206. The smallest absolute Gasteiger partial charge is 0.125 e. The molecule has 0 amide bonds. The average Bonchev–Trinajstić information content (AvgIpc) is 3.07. The highest BCUT2D eigenvalue weighted by molar-refractivity contribution is 7.13. The van der Waals surface area contributed by atoms with Gasteiger partial charge in [-0.05, 0) is 29.6 Å². The molecule has 2 heterocycles. The Kier molecular flexibility index (Phi) is 3.10. The number of hydrogen-bond donors (Lipinski definition) is 1. The molecule has 19 heavy (non-hydrogen) atoms. The van der Waals surface area contributed by atoms with E-state index in [1.54, 1.807) is 16.8 Å². The molecule has 3 aromatic rings. The van der Waals surface area contributed by atoms with Gasteiger partial charge in [0.15, 0.2) is 0 Å². The van der Waals surface area contributed by atoms with Crippen LogP contribution in [0.25, 0.3) is 16.3 Å². The van der Waals surface area contributed by atoms with Crippen LogP contribution < -0.4 is 0 Å². The number of aromatic nitrogens is 3. The molecule has 0 saturated carbocycles. The lowest BCUT2D eigenvalue weighted by Gasteiger charge is -2.05. The van der Waals surface area contributed by atoms with Gasteiger partial charge < -0.3 is 5.11 Å². The molecule has 0 aliphatic carbocycles. The van der Waals surface area contributed by atoms with E-state index in [1.807, 2.05) is 17.5 Å². The normalized spacial score (nSPS) is 10.8. The highest BCUT2D eigenvalue weighted by Gasteiger charge is 2.16. The predicted octanol–water partition coefficient (Wildman–Crippen LogP) is 2.63. The van der Waals surface area contributed by atoms with Crippen molar-refractivity contribution < 1.29 is 9.50 Å². The fourth-order valence-corrected chi connectivity index (χ4v) is 2.64. The van der Waals surface area contributed by atoms with Gasteiger partial charge in [-0.2, -0.15) is 0 Å². The van der Waals surface area contributed by atoms with Gasteiger partial charge in [-0.3, -0.25) is 0 Å². The number of aliphatic hydroxyl groups excluding tert-OH is 1. The van der Waals surface area contributed by atoms with Gasteiger partial charge in [0.1, 0.15) is 17.2 Å². The fraction of sp³-hybridized carbons (Fsp3) is 0.0769. The minimum Gasteiger partial charge on any atom is -0.390 e. The fourth-order valence-electron chi connectivity index (χ4n) is 1.87. The third kappa shape index (κ3) is 2.16. The summed E-state index contributed by atoms with van der Waals surface area (Å²) >= 11 is 1.52. The van der Waals surface area contributed by atoms with Crippen molar-refractivity contribution in [1.82, 2.24) is 15.0 Å². The number of aliphatic hydroxyl groups is 1. The van der Waals surface area contributed by atoms with Crippen molar-refractivity contribution in [3.8, 4) is 16.3 Å². The Bertz CT molecular complexity index is 694. The second kappa shape index (κ2) is 4.91. The van der Waals surface area contributed by atoms with Gasteiger partial charge in [0.05, 0.1) is 17.2 Å². The first-order chi connectivity index (χ1) is 9.29. The van der Waals surface area contributed by atoms with E-state index in [0.717, 1.165) is 4.88 Å². The van der Waals surface area contributed by atoms with Crippen molar-refractivity contribution in [3.63, 3.8) is 0 Å². The summed E-state index contributed by atoms with van der Waals surface area (Å²) in [6.07, 6.45) is 0. The van der Waals surface area contributed by atoms with Gasteiger partial charge in [-0.1, -0.05) is 17.3 Å². The van der Waals surface area contributed by atoms with Crippen molar-refractivity contribution in [2.24, 2.45) is 0 Å². The van der Waals surface area contributed by atoms with Gasteiger partial charge in [0.25, 0.3) is 0 Å². The molecule has 0 spiro atoms. The molecular formula is C13H10FN3OS. The van der Waals surface area contributed by atoms with E-state index in [0.29, 0.717) is 17.1 Å². The third-order valence-electron chi connectivity index (χ3n) is 2.70. The van der Waals surface area contributed by atoms with Gasteiger partial charge in [-0.15, -0.1) is 16.4 Å². The summed E-state index contributed by atoms with van der Waals surface area (Å²) in [5, 5.41) is 19.2. The van der Waals surface area contributed by atoms with Crippen LogP contribution in [0, 0.1) is 5.82 Å². The highest BCUT2D eigenvalue weighted by atomic mass is 32.1. The Morgan fingerprint density at radius 2 is 2.16 bits per heavy atom. The molecule has 3 rings (SSSR count). The number of benzene rings is 1. The first-order valence-corrected chi connectivity index (χ1v) is 6.53. The number of hydrogen-bond acceptors (Lipinski definition) is 4. The molecule has 0 unspecified atom stereocenters. The molecule has 6 heteroatoms. The van der Waals surface area contributed by atoms with E-state index < -0.39 is 0 Å². The zero-order chi connectivity index (χ0) is 13.2. The molecule has 96 valence electrons. The SMILES string of the molecule is OCc1nnn(-c2cccc(F)c2)c1-c1cccs1. The highest BCUT2D eigenvalue weighted by Crippen LogP contribution is 2.29. The molecule has 0 fully saturated rings. The molecule has 0 bridgehead atoms. The molecule has 0 aliphatic rings. The molecule has 0 saturated heterocycles. The van der Waals surface area contributed by atoms with E-state index in [4.69, 9.17) is 0 Å². The van der Waals surface area contributed by atoms with Gasteiger partial charge in [0.2, 0.25) is 0 Å². The van der Waals surface area contributed by atoms with Crippen LogP contribution >= 0.6 is 11.3 Å². The Hall–Kier alpha value is -2.05. The first kappa shape index (κ1) is 12.0. The molecule has 1 aromatic carbocycles. The van der Waals surface area contributed by atoms with Crippen LogP contribution in [0.2, 0.25) is 0 Å². The molecular weight excluding hydrogens is 265 g/mol. The Labute approximate surface area is 112 Å². The summed E-state index contributed by atoms with van der Waals surface area (Å²) in [5.41, 5.74) is 1.76. The number of halogens is 1. The minimum absolute atomic E-state index is 0.206. The molecule has 2 aromatic heterocycles. The van der Waals surface area contributed by atoms with Crippen molar-refractivity contribution in [2.75, 3.05) is 0 Å². The van der Waals surface area contributed by atoms with Crippen molar-refractivity contribution in [2.45, 2.75) is 6.61 Å². The maximum absolute atomic E-state index is 13.3. The second-order valence-electron chi connectivity index (χ2n) is 3.91. The zero-order valence-electron chi connectivity index (χ0n) is 9.82. The van der Waals surface area contributed by atoms with Crippen LogP contribution in [-0.4, -0.2) is 20.1 Å². The molecule has 1 N–H and O–H groups in total. The van der Waals surface area contributed by atoms with E-state index in [1.165, 1.54) is 23.5 Å². The largest absolute Gasteiger partial charge is 0.390 e. The van der Waals surface area contributed by atoms with Crippen LogP contribution in [-0.2, 0) is 6.61 Å². The molecule has 0 radical (unpaired) electrons. The van der Waals surface area contributed by atoms with E-state index >= 15 is 0 Å². The standard InChI is InChI=1S/C13H10FN3OS/c14-9-3-1-4-10(7-9)17-13(11(8-18)15-16-17)12-5-2-6-19-12/h1-7,18H,8H2. The monoisotopic (exact) mass is 275 g/mol. The summed E-state index contributed by atoms with van der Waals surface area (Å²) in [7, 11) is 0. The predicted molar refractivity (Wildman–Crippen MR) is 70.6 cm³/mol. The van der Waals surface area contributed by atoms with Crippen LogP contribution in [0.3, 0.4) is 0 Å². The average molecular weight is 275 g/mol. The molecule has 0 aliphatic heterocycles. The lowest BCUT2D eigenvalue weighted by atomic mass is 10.2. The Balaban J connectivity index is 2.20. The van der Waals surface area contributed by atoms with Crippen LogP contribution in [0.15, 0.2) is 41.8 Å².